The largest absolute Gasteiger partial charge is 0.496 e. The van der Waals surface area contributed by atoms with Crippen LogP contribution in [-0.2, 0) is 0 Å². The first-order valence-corrected chi connectivity index (χ1v) is 8.22. The maximum atomic E-state index is 5.56. The number of allylic oxidation sites excluding steroid dienone is 1. The first-order valence-electron chi connectivity index (χ1n) is 8.22. The number of nitrogens with zero attached hydrogens (tertiary/aromatic N) is 2. The zero-order valence-corrected chi connectivity index (χ0v) is 14.8. The Morgan fingerprint density at radius 1 is 1.04 bits per heavy atom. The molecule has 2 heterocycles. The van der Waals surface area contributed by atoms with Crippen LogP contribution in [0.25, 0.3) is 6.08 Å². The molecule has 0 aliphatic carbocycles. The van der Waals surface area contributed by atoms with Crippen molar-refractivity contribution in [2.45, 2.75) is 12.8 Å². The van der Waals surface area contributed by atoms with E-state index in [9.17, 15) is 0 Å². The molecule has 1 aliphatic heterocycles. The number of hydrogen-bond donors (Lipinski definition) is 0. The van der Waals surface area contributed by atoms with Crippen LogP contribution >= 0.6 is 0 Å². The van der Waals surface area contributed by atoms with Gasteiger partial charge in [0.15, 0.2) is 0 Å². The summed E-state index contributed by atoms with van der Waals surface area (Å²) in [6.45, 7) is 0.832. The minimum absolute atomic E-state index is 0.695. The van der Waals surface area contributed by atoms with Crippen LogP contribution in [0.5, 0.6) is 17.2 Å². The van der Waals surface area contributed by atoms with Crippen LogP contribution in [0, 0.1) is 0 Å². The Morgan fingerprint density at radius 3 is 2.40 bits per heavy atom. The molecular weight excluding hydrogens is 316 g/mol. The van der Waals surface area contributed by atoms with E-state index >= 15 is 0 Å². The first kappa shape index (κ1) is 17.0. The molecule has 3 rings (SSSR count). The third kappa shape index (κ3) is 3.65. The van der Waals surface area contributed by atoms with Gasteiger partial charge in [0.05, 0.1) is 32.6 Å². The number of methoxy groups -OCH3 is 3. The van der Waals surface area contributed by atoms with E-state index in [0.717, 1.165) is 41.8 Å². The van der Waals surface area contributed by atoms with E-state index in [-0.39, 0.29) is 0 Å². The summed E-state index contributed by atoms with van der Waals surface area (Å²) in [5.41, 5.74) is 4.06. The molecule has 0 atom stereocenters. The average molecular weight is 338 g/mol. The number of hydrogen-bond acceptors (Lipinski definition) is 5. The number of aliphatic imine (C=N–C) groups is 1. The van der Waals surface area contributed by atoms with Gasteiger partial charge in [-0.2, -0.15) is 0 Å². The highest BCUT2D eigenvalue weighted by molar-refractivity contribution is 6.15. The molecule has 0 saturated heterocycles. The van der Waals surface area contributed by atoms with Crippen molar-refractivity contribution in [2.24, 2.45) is 4.99 Å². The Kier molecular flexibility index (Phi) is 5.33. The predicted molar refractivity (Wildman–Crippen MR) is 99.0 cm³/mol. The molecule has 0 spiro atoms. The summed E-state index contributed by atoms with van der Waals surface area (Å²) >= 11 is 0. The molecule has 0 fully saturated rings. The molecule has 2 aromatic rings. The Morgan fingerprint density at radius 2 is 1.80 bits per heavy atom. The highest BCUT2D eigenvalue weighted by atomic mass is 16.5. The summed E-state index contributed by atoms with van der Waals surface area (Å²) in [6.07, 6.45) is 7.69. The van der Waals surface area contributed by atoms with Gasteiger partial charge in [0, 0.05) is 36.6 Å². The fourth-order valence-electron chi connectivity index (χ4n) is 2.95. The van der Waals surface area contributed by atoms with Crippen molar-refractivity contribution in [3.8, 4) is 17.2 Å². The van der Waals surface area contributed by atoms with Crippen molar-refractivity contribution in [2.75, 3.05) is 27.9 Å². The Hall–Kier alpha value is -2.82. The lowest BCUT2D eigenvalue weighted by atomic mass is 9.94. The fourth-order valence-corrected chi connectivity index (χ4v) is 2.95. The molecule has 0 saturated carbocycles. The van der Waals surface area contributed by atoms with Crippen molar-refractivity contribution in [3.05, 3.63) is 53.4 Å². The number of rotatable bonds is 5. The summed E-state index contributed by atoms with van der Waals surface area (Å²) in [7, 11) is 4.92. The van der Waals surface area contributed by atoms with Gasteiger partial charge >= 0.3 is 0 Å². The molecule has 1 aliphatic rings. The second-order valence-electron chi connectivity index (χ2n) is 5.69. The Labute approximate surface area is 148 Å². The van der Waals surface area contributed by atoms with Crippen molar-refractivity contribution in [3.63, 3.8) is 0 Å². The zero-order chi connectivity index (χ0) is 17.6. The molecule has 25 heavy (non-hydrogen) atoms. The van der Waals surface area contributed by atoms with Crippen LogP contribution < -0.4 is 14.2 Å². The maximum absolute atomic E-state index is 5.56. The van der Waals surface area contributed by atoms with Crippen LogP contribution in [0.15, 0.2) is 47.2 Å². The van der Waals surface area contributed by atoms with Crippen LogP contribution in [0.2, 0.25) is 0 Å². The zero-order valence-electron chi connectivity index (χ0n) is 14.8. The van der Waals surface area contributed by atoms with E-state index in [4.69, 9.17) is 19.2 Å². The Bertz CT molecular complexity index is 773. The van der Waals surface area contributed by atoms with Crippen molar-refractivity contribution < 1.29 is 14.2 Å². The van der Waals surface area contributed by atoms with Gasteiger partial charge in [-0.3, -0.25) is 9.98 Å². The van der Waals surface area contributed by atoms with Crippen LogP contribution in [0.1, 0.15) is 24.0 Å². The van der Waals surface area contributed by atoms with E-state index in [1.165, 1.54) is 0 Å². The minimum Gasteiger partial charge on any atom is -0.496 e. The summed E-state index contributed by atoms with van der Waals surface area (Å²) < 4.78 is 16.4. The molecule has 1 aromatic carbocycles. The average Bonchev–Trinajstić information content (AvgIpc) is 2.69. The lowest BCUT2D eigenvalue weighted by molar-refractivity contribution is 0.374. The van der Waals surface area contributed by atoms with Gasteiger partial charge in [-0.05, 0) is 36.6 Å². The lowest BCUT2D eigenvalue weighted by Gasteiger charge is -2.18. The third-order valence-corrected chi connectivity index (χ3v) is 4.19. The number of ether oxygens (including phenoxy) is 3. The molecule has 0 N–H and O–H groups in total. The molecule has 0 bridgehead atoms. The molecule has 1 aromatic heterocycles. The highest BCUT2D eigenvalue weighted by Gasteiger charge is 2.18. The van der Waals surface area contributed by atoms with E-state index in [1.807, 2.05) is 30.5 Å². The van der Waals surface area contributed by atoms with E-state index < -0.39 is 0 Å². The second-order valence-corrected chi connectivity index (χ2v) is 5.69. The summed E-state index contributed by atoms with van der Waals surface area (Å²) in [5, 5.41) is 0. The van der Waals surface area contributed by atoms with E-state index in [2.05, 4.69) is 11.1 Å². The van der Waals surface area contributed by atoms with Crippen molar-refractivity contribution >= 4 is 11.8 Å². The van der Waals surface area contributed by atoms with E-state index in [0.29, 0.717) is 17.2 Å². The van der Waals surface area contributed by atoms with Gasteiger partial charge in [-0.15, -0.1) is 0 Å². The van der Waals surface area contributed by atoms with Gasteiger partial charge in [0.2, 0.25) is 0 Å². The molecular formula is C20H22N2O3. The topological polar surface area (TPSA) is 52.9 Å². The van der Waals surface area contributed by atoms with Gasteiger partial charge in [-0.1, -0.05) is 0 Å². The quantitative estimate of drug-likeness (QED) is 0.833. The molecule has 0 unspecified atom stereocenters. The summed E-state index contributed by atoms with van der Waals surface area (Å²) in [6, 6.07) is 7.68. The molecule has 5 nitrogen and oxygen atoms in total. The van der Waals surface area contributed by atoms with Gasteiger partial charge < -0.3 is 14.2 Å². The Balaban J connectivity index is 2.10. The van der Waals surface area contributed by atoms with Crippen LogP contribution in [0.3, 0.4) is 0 Å². The van der Waals surface area contributed by atoms with Crippen molar-refractivity contribution in [1.82, 2.24) is 4.98 Å². The van der Waals surface area contributed by atoms with Crippen LogP contribution in [0.4, 0.5) is 0 Å². The van der Waals surface area contributed by atoms with Gasteiger partial charge in [0.1, 0.15) is 17.2 Å². The molecule has 5 heteroatoms. The van der Waals surface area contributed by atoms with Crippen molar-refractivity contribution in [1.29, 1.82) is 0 Å². The SMILES string of the molecule is COc1cc(OC)c(/C=C2\CCCN=C2c2cccnc2)c(OC)c1. The monoisotopic (exact) mass is 338 g/mol. The minimum atomic E-state index is 0.695. The predicted octanol–water partition coefficient (Wildman–Crippen LogP) is 3.77. The maximum Gasteiger partial charge on any atom is 0.133 e. The molecule has 130 valence electrons. The van der Waals surface area contributed by atoms with Gasteiger partial charge in [0.25, 0.3) is 0 Å². The molecule has 0 radical (unpaired) electrons. The third-order valence-electron chi connectivity index (χ3n) is 4.19. The lowest BCUT2D eigenvalue weighted by Crippen LogP contribution is -2.12. The van der Waals surface area contributed by atoms with Crippen LogP contribution in [-0.4, -0.2) is 38.6 Å². The summed E-state index contributed by atoms with van der Waals surface area (Å²) in [5.74, 6) is 2.11. The summed E-state index contributed by atoms with van der Waals surface area (Å²) in [4.78, 5) is 8.94. The number of aromatic nitrogens is 1. The second kappa shape index (κ2) is 7.83. The normalized spacial score (nSPS) is 15.6. The molecule has 0 amide bonds. The first-order chi connectivity index (χ1) is 12.3. The number of pyridine rings is 1. The highest BCUT2D eigenvalue weighted by Crippen LogP contribution is 2.37. The fraction of sp³-hybridized carbons (Fsp3) is 0.300. The number of benzene rings is 1. The standard InChI is InChI=1S/C20H22N2O3/c1-23-16-11-18(24-2)17(19(12-16)25-3)10-14-6-5-9-22-20(14)15-7-4-8-21-13-15/h4,7-8,10-13H,5-6,9H2,1-3H3/b14-10+. The smallest absolute Gasteiger partial charge is 0.133 e. The van der Waals surface area contributed by atoms with Gasteiger partial charge in [-0.25, -0.2) is 0 Å². The van der Waals surface area contributed by atoms with E-state index in [1.54, 1.807) is 27.5 Å².